The molecule has 2 rings (SSSR count). The molecule has 0 amide bonds. The van der Waals surface area contributed by atoms with Crippen molar-refractivity contribution in [3.63, 3.8) is 0 Å². The number of nitrogens with one attached hydrogen (secondary N) is 2. The molecular weight excluding hydrogens is 216 g/mol. The third kappa shape index (κ3) is 2.84. The molecule has 0 saturated carbocycles. The van der Waals surface area contributed by atoms with Crippen LogP contribution in [0.15, 0.2) is 48.7 Å². The summed E-state index contributed by atoms with van der Waals surface area (Å²) < 4.78 is 3.33. The zero-order chi connectivity index (χ0) is 11.4. The molecule has 2 unspecified atom stereocenters. The van der Waals surface area contributed by atoms with Gasteiger partial charge in [0.1, 0.15) is 6.17 Å². The maximum Gasteiger partial charge on any atom is 0.105 e. The van der Waals surface area contributed by atoms with Gasteiger partial charge in [0.25, 0.3) is 0 Å². The van der Waals surface area contributed by atoms with Gasteiger partial charge < -0.3 is 5.32 Å². The number of benzene rings is 1. The highest BCUT2D eigenvalue weighted by Crippen LogP contribution is 2.17. The highest BCUT2D eigenvalue weighted by Gasteiger charge is 2.07. The van der Waals surface area contributed by atoms with E-state index in [9.17, 15) is 0 Å². The van der Waals surface area contributed by atoms with Crippen molar-refractivity contribution < 1.29 is 0 Å². The van der Waals surface area contributed by atoms with Crippen molar-refractivity contribution in [2.75, 3.05) is 6.26 Å². The van der Waals surface area contributed by atoms with Crippen LogP contribution < -0.4 is 10.0 Å². The van der Waals surface area contributed by atoms with Crippen molar-refractivity contribution in [3.05, 3.63) is 54.2 Å². The van der Waals surface area contributed by atoms with Crippen LogP contribution in [0.2, 0.25) is 0 Å². The molecule has 1 heterocycles. The predicted molar refractivity (Wildman–Crippen MR) is 74.3 cm³/mol. The lowest BCUT2D eigenvalue weighted by Gasteiger charge is -2.20. The summed E-state index contributed by atoms with van der Waals surface area (Å²) >= 11 is 0. The van der Waals surface area contributed by atoms with E-state index in [0.717, 1.165) is 0 Å². The first-order valence-corrected chi connectivity index (χ1v) is 6.97. The van der Waals surface area contributed by atoms with Gasteiger partial charge in [0.2, 0.25) is 0 Å². The van der Waals surface area contributed by atoms with Gasteiger partial charge in [-0.3, -0.25) is 0 Å². The molecule has 2 nitrogen and oxygen atoms in total. The topological polar surface area (TPSA) is 24.1 Å². The predicted octanol–water partition coefficient (Wildman–Crippen LogP) is 2.35. The monoisotopic (exact) mass is 232 g/mol. The van der Waals surface area contributed by atoms with Crippen LogP contribution in [-0.2, 0) is 0 Å². The Hall–Kier alpha value is -1.32. The number of hydrogen-bond donors (Lipinski definition) is 2. The fourth-order valence-electron chi connectivity index (χ4n) is 1.58. The minimum Gasteiger partial charge on any atom is -0.371 e. The van der Waals surface area contributed by atoms with E-state index in [1.807, 2.05) is 24.4 Å². The molecule has 0 fully saturated rings. The van der Waals surface area contributed by atoms with Crippen LogP contribution in [0.25, 0.3) is 5.57 Å². The van der Waals surface area contributed by atoms with Crippen LogP contribution in [-0.4, -0.2) is 18.3 Å². The van der Waals surface area contributed by atoms with Crippen LogP contribution >= 0.6 is 10.7 Å². The Morgan fingerprint density at radius 2 is 2.06 bits per heavy atom. The van der Waals surface area contributed by atoms with Crippen molar-refractivity contribution in [1.82, 2.24) is 10.0 Å². The summed E-state index contributed by atoms with van der Waals surface area (Å²) in [6.45, 7) is 0. The largest absolute Gasteiger partial charge is 0.371 e. The number of dihydropyridines is 1. The second kappa shape index (κ2) is 5.14. The minimum absolute atomic E-state index is 0.0119. The van der Waals surface area contributed by atoms with E-state index in [1.54, 1.807) is 0 Å². The molecule has 0 spiro atoms. The van der Waals surface area contributed by atoms with Gasteiger partial charge >= 0.3 is 0 Å². The van der Waals surface area contributed by atoms with Gasteiger partial charge in [-0.2, -0.15) is 0 Å². The van der Waals surface area contributed by atoms with Gasteiger partial charge in [-0.15, -0.1) is 10.7 Å². The average molecular weight is 232 g/mol. The van der Waals surface area contributed by atoms with Gasteiger partial charge in [0, 0.05) is 6.20 Å². The van der Waals surface area contributed by atoms with Gasteiger partial charge in [-0.25, -0.2) is 4.72 Å². The second-order valence-electron chi connectivity index (χ2n) is 3.72. The van der Waals surface area contributed by atoms with E-state index in [0.29, 0.717) is 0 Å². The number of allylic oxidation sites excluding steroid dienone is 2. The lowest BCUT2D eigenvalue weighted by Crippen LogP contribution is -2.35. The molecule has 0 aliphatic carbocycles. The Bertz CT molecular complexity index is 435. The Morgan fingerprint density at radius 1 is 1.31 bits per heavy atom. The fourth-order valence-corrected chi connectivity index (χ4v) is 2.16. The number of rotatable bonds is 3. The molecular formula is C13H16N2S. The van der Waals surface area contributed by atoms with E-state index in [2.05, 4.69) is 46.4 Å². The summed E-state index contributed by atoms with van der Waals surface area (Å²) in [5.74, 6) is 3.93. The highest BCUT2D eigenvalue weighted by atomic mass is 32.2. The first kappa shape index (κ1) is 11.2. The zero-order valence-corrected chi connectivity index (χ0v) is 10.1. The molecule has 2 N–H and O–H groups in total. The third-order valence-electron chi connectivity index (χ3n) is 2.32. The zero-order valence-electron chi connectivity index (χ0n) is 9.31. The molecule has 0 aromatic heterocycles. The van der Waals surface area contributed by atoms with Crippen molar-refractivity contribution in [2.45, 2.75) is 6.17 Å². The molecule has 16 heavy (non-hydrogen) atoms. The van der Waals surface area contributed by atoms with E-state index in [1.165, 1.54) is 11.1 Å². The molecule has 1 aliphatic rings. The first-order valence-electron chi connectivity index (χ1n) is 5.17. The lowest BCUT2D eigenvalue weighted by atomic mass is 10.1. The van der Waals surface area contributed by atoms with E-state index < -0.39 is 0 Å². The van der Waals surface area contributed by atoms with E-state index in [-0.39, 0.29) is 16.8 Å². The van der Waals surface area contributed by atoms with E-state index >= 15 is 0 Å². The fraction of sp³-hybridized carbons (Fsp3) is 0.154. The van der Waals surface area contributed by atoms with Gasteiger partial charge in [-0.1, -0.05) is 42.3 Å². The van der Waals surface area contributed by atoms with Gasteiger partial charge in [0.15, 0.2) is 0 Å². The lowest BCUT2D eigenvalue weighted by molar-refractivity contribution is 0.685. The molecule has 1 aliphatic heterocycles. The molecule has 1 aromatic carbocycles. The normalized spacial score (nSPS) is 21.1. The number of hydrogen-bond acceptors (Lipinski definition) is 2. The molecule has 0 radical (unpaired) electrons. The summed E-state index contributed by atoms with van der Waals surface area (Å²) in [6.07, 6.45) is 8.55. The summed E-state index contributed by atoms with van der Waals surface area (Å²) in [5.41, 5.74) is 2.44. The summed E-state index contributed by atoms with van der Waals surface area (Å²) in [6, 6.07) is 10.3. The average Bonchev–Trinajstić information content (AvgIpc) is 2.30. The maximum atomic E-state index is 3.93. The van der Waals surface area contributed by atoms with Crippen molar-refractivity contribution in [2.24, 2.45) is 0 Å². The smallest absolute Gasteiger partial charge is 0.105 e. The quantitative estimate of drug-likeness (QED) is 0.782. The molecule has 2 atom stereocenters. The van der Waals surface area contributed by atoms with Crippen LogP contribution in [0.5, 0.6) is 0 Å². The summed E-state index contributed by atoms with van der Waals surface area (Å²) in [7, 11) is -0.0119. The second-order valence-corrected chi connectivity index (χ2v) is 5.23. The molecule has 0 saturated heterocycles. The third-order valence-corrected chi connectivity index (χ3v) is 2.98. The highest BCUT2D eigenvalue weighted by molar-refractivity contribution is 8.11. The summed E-state index contributed by atoms with van der Waals surface area (Å²) in [4.78, 5) is 0. The van der Waals surface area contributed by atoms with Crippen LogP contribution in [0, 0.1) is 0 Å². The Labute approximate surface area is 99.1 Å². The molecule has 0 bridgehead atoms. The SMILES string of the molecule is C=S(C)NC1C=CC(c2ccccc2)=CN1. The molecule has 3 heteroatoms. The van der Waals surface area contributed by atoms with Crippen LogP contribution in [0.3, 0.4) is 0 Å². The first-order chi connectivity index (χ1) is 7.75. The minimum atomic E-state index is -0.0119. The van der Waals surface area contributed by atoms with Crippen molar-refractivity contribution >= 4 is 22.1 Å². The van der Waals surface area contributed by atoms with Crippen LogP contribution in [0.1, 0.15) is 5.56 Å². The molecule has 84 valence electrons. The van der Waals surface area contributed by atoms with Gasteiger partial charge in [-0.05, 0) is 23.5 Å². The Kier molecular flexibility index (Phi) is 3.59. The van der Waals surface area contributed by atoms with Crippen molar-refractivity contribution in [1.29, 1.82) is 0 Å². The Balaban J connectivity index is 2.05. The van der Waals surface area contributed by atoms with Crippen molar-refractivity contribution in [3.8, 4) is 0 Å². The van der Waals surface area contributed by atoms with E-state index in [4.69, 9.17) is 0 Å². The Morgan fingerprint density at radius 3 is 2.62 bits per heavy atom. The van der Waals surface area contributed by atoms with Crippen LogP contribution in [0.4, 0.5) is 0 Å². The maximum absolute atomic E-state index is 3.93. The standard InChI is InChI=1S/C13H16N2S/c1-16(2)15-13-9-8-12(10-14-13)11-6-4-3-5-7-11/h3-10,13-15H,1H2,2H3. The summed E-state index contributed by atoms with van der Waals surface area (Å²) in [5, 5.41) is 3.31. The van der Waals surface area contributed by atoms with Gasteiger partial charge in [0.05, 0.1) is 0 Å². The molecule has 1 aromatic rings.